The number of hydrogen-bond donors (Lipinski definition) is 3. The van der Waals surface area contributed by atoms with E-state index in [2.05, 4.69) is 5.32 Å². The molecule has 0 saturated carbocycles. The van der Waals surface area contributed by atoms with Crippen LogP contribution in [0.2, 0.25) is 0 Å². The largest absolute Gasteiger partial charge is 0.481 e. The molecule has 4 heteroatoms. The molecule has 0 aromatic heterocycles. The van der Waals surface area contributed by atoms with E-state index in [0.717, 1.165) is 6.54 Å². The molecule has 0 radical (unpaired) electrons. The first kappa shape index (κ1) is 13.7. The molecule has 0 aliphatic rings. The molecule has 0 aliphatic carbocycles. The number of aliphatic hydroxyl groups is 1. The third-order valence-electron chi connectivity index (χ3n) is 2.68. The smallest absolute Gasteiger partial charge is 0.313 e. The highest BCUT2D eigenvalue weighted by Gasteiger charge is 2.27. The van der Waals surface area contributed by atoms with Crippen molar-refractivity contribution >= 4 is 5.97 Å². The molecule has 0 saturated heterocycles. The Kier molecular flexibility index (Phi) is 5.66. The summed E-state index contributed by atoms with van der Waals surface area (Å²) in [6, 6.07) is 8.85. The maximum Gasteiger partial charge on any atom is 0.313 e. The average molecular weight is 237 g/mol. The van der Waals surface area contributed by atoms with Gasteiger partial charge in [0.15, 0.2) is 0 Å². The highest BCUT2D eigenvalue weighted by atomic mass is 16.4. The van der Waals surface area contributed by atoms with Gasteiger partial charge in [-0.2, -0.15) is 0 Å². The molecule has 0 spiro atoms. The van der Waals surface area contributed by atoms with E-state index in [9.17, 15) is 15.0 Å². The first-order chi connectivity index (χ1) is 8.16. The van der Waals surface area contributed by atoms with Gasteiger partial charge < -0.3 is 15.5 Å². The van der Waals surface area contributed by atoms with Crippen molar-refractivity contribution in [3.63, 3.8) is 0 Å². The van der Waals surface area contributed by atoms with Crippen LogP contribution in [0, 0.1) is 0 Å². The molecule has 0 heterocycles. The topological polar surface area (TPSA) is 69.6 Å². The lowest BCUT2D eigenvalue weighted by Crippen LogP contribution is -2.29. The Bertz CT molecular complexity index is 340. The lowest BCUT2D eigenvalue weighted by atomic mass is 9.92. The predicted molar refractivity (Wildman–Crippen MR) is 66.0 cm³/mol. The summed E-state index contributed by atoms with van der Waals surface area (Å²) in [4.78, 5) is 11.2. The minimum absolute atomic E-state index is 0.430. The van der Waals surface area contributed by atoms with Crippen molar-refractivity contribution < 1.29 is 15.0 Å². The number of aliphatic carboxylic acids is 1. The van der Waals surface area contributed by atoms with Crippen LogP contribution in [0.5, 0.6) is 0 Å². The number of nitrogens with one attached hydrogen (secondary N) is 1. The fraction of sp³-hybridized carbons (Fsp3) is 0.462. The van der Waals surface area contributed by atoms with Crippen LogP contribution < -0.4 is 5.32 Å². The van der Waals surface area contributed by atoms with Gasteiger partial charge in [0.2, 0.25) is 0 Å². The van der Waals surface area contributed by atoms with Gasteiger partial charge in [-0.1, -0.05) is 37.3 Å². The maximum atomic E-state index is 11.2. The number of hydrogen-bond acceptors (Lipinski definition) is 3. The van der Waals surface area contributed by atoms with Crippen LogP contribution >= 0.6 is 0 Å². The maximum absolute atomic E-state index is 11.2. The molecule has 4 nitrogen and oxygen atoms in total. The van der Waals surface area contributed by atoms with Gasteiger partial charge in [0, 0.05) is 0 Å². The summed E-state index contributed by atoms with van der Waals surface area (Å²) in [6.07, 6.45) is -0.436. The number of benzene rings is 1. The van der Waals surface area contributed by atoms with Crippen molar-refractivity contribution in [3.05, 3.63) is 35.9 Å². The Morgan fingerprint density at radius 1 is 1.35 bits per heavy atom. The summed E-state index contributed by atoms with van der Waals surface area (Å²) in [5.74, 6) is -1.84. The zero-order valence-electron chi connectivity index (χ0n) is 9.97. The van der Waals surface area contributed by atoms with Gasteiger partial charge in [-0.05, 0) is 25.1 Å². The van der Waals surface area contributed by atoms with Crippen LogP contribution in [0.15, 0.2) is 30.3 Å². The quantitative estimate of drug-likeness (QED) is 0.624. The monoisotopic (exact) mass is 237 g/mol. The Morgan fingerprint density at radius 2 is 2.00 bits per heavy atom. The van der Waals surface area contributed by atoms with E-state index >= 15 is 0 Å². The van der Waals surface area contributed by atoms with Gasteiger partial charge in [0.05, 0.1) is 6.10 Å². The van der Waals surface area contributed by atoms with E-state index in [0.29, 0.717) is 18.5 Å². The molecule has 0 aliphatic heterocycles. The summed E-state index contributed by atoms with van der Waals surface area (Å²) in [6.45, 7) is 3.41. The molecule has 0 bridgehead atoms. The molecule has 2 atom stereocenters. The molecule has 1 aromatic carbocycles. The molecule has 1 rings (SSSR count). The second-order valence-electron chi connectivity index (χ2n) is 3.94. The normalized spacial score (nSPS) is 14.2. The van der Waals surface area contributed by atoms with E-state index in [4.69, 9.17) is 0 Å². The standard InChI is InChI=1S/C13H19NO3/c1-2-14-9-8-11(15)12(13(16)17)10-6-4-3-5-7-10/h3-7,11-12,14-15H,2,8-9H2,1H3,(H,16,17). The van der Waals surface area contributed by atoms with Crippen LogP contribution in [0.3, 0.4) is 0 Å². The molecule has 94 valence electrons. The summed E-state index contributed by atoms with van der Waals surface area (Å²) in [7, 11) is 0. The second kappa shape index (κ2) is 7.04. The summed E-state index contributed by atoms with van der Waals surface area (Å²) < 4.78 is 0. The van der Waals surface area contributed by atoms with Gasteiger partial charge in [0.25, 0.3) is 0 Å². The minimum atomic E-state index is -0.986. The molecular formula is C13H19NO3. The molecule has 0 amide bonds. The number of carbonyl (C=O) groups is 1. The third kappa shape index (κ3) is 4.17. The SMILES string of the molecule is CCNCCC(O)C(C(=O)O)c1ccccc1. The number of aliphatic hydroxyl groups excluding tert-OH is 1. The lowest BCUT2D eigenvalue weighted by molar-refractivity contribution is -0.141. The van der Waals surface area contributed by atoms with Gasteiger partial charge in [-0.15, -0.1) is 0 Å². The van der Waals surface area contributed by atoms with Gasteiger partial charge >= 0.3 is 5.97 Å². The van der Waals surface area contributed by atoms with Crippen molar-refractivity contribution in [2.24, 2.45) is 0 Å². The molecular weight excluding hydrogens is 218 g/mol. The first-order valence-corrected chi connectivity index (χ1v) is 5.83. The Hall–Kier alpha value is -1.39. The highest BCUT2D eigenvalue weighted by molar-refractivity contribution is 5.76. The van der Waals surface area contributed by atoms with Crippen molar-refractivity contribution in [3.8, 4) is 0 Å². The van der Waals surface area contributed by atoms with E-state index in [-0.39, 0.29) is 0 Å². The van der Waals surface area contributed by atoms with Crippen LogP contribution in [0.4, 0.5) is 0 Å². The second-order valence-corrected chi connectivity index (χ2v) is 3.94. The lowest BCUT2D eigenvalue weighted by Gasteiger charge is -2.19. The van der Waals surface area contributed by atoms with E-state index in [1.165, 1.54) is 0 Å². The number of rotatable bonds is 7. The Morgan fingerprint density at radius 3 is 2.53 bits per heavy atom. The number of carboxylic acid groups (broad SMARTS) is 1. The van der Waals surface area contributed by atoms with Crippen LogP contribution in [-0.4, -0.2) is 35.4 Å². The van der Waals surface area contributed by atoms with Gasteiger partial charge in [-0.3, -0.25) is 4.79 Å². The fourth-order valence-corrected chi connectivity index (χ4v) is 1.78. The van der Waals surface area contributed by atoms with E-state index < -0.39 is 18.0 Å². The van der Waals surface area contributed by atoms with Crippen LogP contribution in [0.1, 0.15) is 24.8 Å². The van der Waals surface area contributed by atoms with Crippen LogP contribution in [0.25, 0.3) is 0 Å². The third-order valence-corrected chi connectivity index (χ3v) is 2.68. The molecule has 0 fully saturated rings. The highest BCUT2D eigenvalue weighted by Crippen LogP contribution is 2.21. The molecule has 17 heavy (non-hydrogen) atoms. The zero-order chi connectivity index (χ0) is 12.7. The Labute approximate surface area is 101 Å². The molecule has 2 unspecified atom stereocenters. The summed E-state index contributed by atoms with van der Waals surface area (Å²) in [5, 5.41) is 22.2. The van der Waals surface area contributed by atoms with Gasteiger partial charge in [0.1, 0.15) is 5.92 Å². The van der Waals surface area contributed by atoms with E-state index in [1.807, 2.05) is 13.0 Å². The summed E-state index contributed by atoms with van der Waals surface area (Å²) >= 11 is 0. The minimum Gasteiger partial charge on any atom is -0.481 e. The fourth-order valence-electron chi connectivity index (χ4n) is 1.78. The predicted octanol–water partition coefficient (Wildman–Crippen LogP) is 1.22. The van der Waals surface area contributed by atoms with E-state index in [1.54, 1.807) is 24.3 Å². The van der Waals surface area contributed by atoms with Gasteiger partial charge in [-0.25, -0.2) is 0 Å². The molecule has 3 N–H and O–H groups in total. The van der Waals surface area contributed by atoms with Crippen molar-refractivity contribution in [2.45, 2.75) is 25.4 Å². The van der Waals surface area contributed by atoms with Crippen molar-refractivity contribution in [1.29, 1.82) is 0 Å². The van der Waals surface area contributed by atoms with Crippen molar-refractivity contribution in [2.75, 3.05) is 13.1 Å². The Balaban J connectivity index is 2.69. The van der Waals surface area contributed by atoms with Crippen molar-refractivity contribution in [1.82, 2.24) is 5.32 Å². The van der Waals surface area contributed by atoms with Crippen LogP contribution in [-0.2, 0) is 4.79 Å². The molecule has 1 aromatic rings. The number of carboxylic acids is 1. The average Bonchev–Trinajstić information content (AvgIpc) is 2.30. The zero-order valence-corrected chi connectivity index (χ0v) is 9.97. The summed E-state index contributed by atoms with van der Waals surface area (Å²) in [5.41, 5.74) is 0.643. The first-order valence-electron chi connectivity index (χ1n) is 5.83.